The van der Waals surface area contributed by atoms with Crippen molar-refractivity contribution in [2.24, 2.45) is 0 Å². The molecule has 0 amide bonds. The Balaban J connectivity index is 3.44. The first kappa shape index (κ1) is 7.24. The van der Waals surface area contributed by atoms with Crippen molar-refractivity contribution in [3.8, 4) is 0 Å². The van der Waals surface area contributed by atoms with Crippen LogP contribution in [0.5, 0.6) is 0 Å². The van der Waals surface area contributed by atoms with Crippen LogP contribution < -0.4 is 0 Å². The van der Waals surface area contributed by atoms with E-state index in [1.807, 2.05) is 0 Å². The van der Waals surface area contributed by atoms with E-state index < -0.39 is 0 Å². The Morgan fingerprint density at radius 3 is 2.62 bits per heavy atom. The predicted molar refractivity (Wildman–Crippen MR) is 32.6 cm³/mol. The van der Waals surface area contributed by atoms with Crippen molar-refractivity contribution in [1.82, 2.24) is 0 Å². The highest BCUT2D eigenvalue weighted by atomic mass is 16.3. The summed E-state index contributed by atoms with van der Waals surface area (Å²) in [6.07, 6.45) is 3.34. The molecule has 0 bridgehead atoms. The molecule has 0 radical (unpaired) electrons. The molecule has 0 heterocycles. The largest absolute Gasteiger partial charge is 0.512 e. The molecule has 0 unspecified atom stereocenters. The molecule has 46 valence electrons. The molecular formula is C6H10O2. The third kappa shape index (κ3) is 3.43. The van der Waals surface area contributed by atoms with E-state index in [2.05, 4.69) is 6.58 Å². The van der Waals surface area contributed by atoms with E-state index in [4.69, 9.17) is 10.2 Å². The number of rotatable bonds is 3. The standard InChI is InChI=1S/C6H10O2/c1-2-3-6(8)4-5-7/h2,4,7-8H,1,3,5H2. The number of aliphatic hydroxyl groups excluding tert-OH is 2. The van der Waals surface area contributed by atoms with Gasteiger partial charge in [-0.1, -0.05) is 6.08 Å². The topological polar surface area (TPSA) is 40.5 Å². The minimum atomic E-state index is -0.111. The molecule has 0 fully saturated rings. The monoisotopic (exact) mass is 114 g/mol. The highest BCUT2D eigenvalue weighted by Crippen LogP contribution is 1.93. The summed E-state index contributed by atoms with van der Waals surface area (Å²) in [5, 5.41) is 16.9. The van der Waals surface area contributed by atoms with Crippen LogP contribution in [0, 0.1) is 0 Å². The van der Waals surface area contributed by atoms with Gasteiger partial charge in [0.05, 0.1) is 12.4 Å². The van der Waals surface area contributed by atoms with Crippen LogP contribution in [0.3, 0.4) is 0 Å². The van der Waals surface area contributed by atoms with Gasteiger partial charge in [0, 0.05) is 6.42 Å². The molecule has 0 aliphatic heterocycles. The van der Waals surface area contributed by atoms with Crippen molar-refractivity contribution in [3.63, 3.8) is 0 Å². The van der Waals surface area contributed by atoms with Gasteiger partial charge in [-0.25, -0.2) is 0 Å². The quantitative estimate of drug-likeness (QED) is 0.424. The minimum absolute atomic E-state index is 0.111. The van der Waals surface area contributed by atoms with Crippen LogP contribution >= 0.6 is 0 Å². The van der Waals surface area contributed by atoms with Crippen LogP contribution in [0.2, 0.25) is 0 Å². The van der Waals surface area contributed by atoms with E-state index in [1.54, 1.807) is 6.08 Å². The fraction of sp³-hybridized carbons (Fsp3) is 0.333. The molecule has 2 nitrogen and oxygen atoms in total. The zero-order valence-corrected chi connectivity index (χ0v) is 4.67. The maximum Gasteiger partial charge on any atom is 0.0943 e. The second kappa shape index (κ2) is 4.40. The molecule has 0 saturated heterocycles. The van der Waals surface area contributed by atoms with E-state index in [1.165, 1.54) is 6.08 Å². The zero-order valence-electron chi connectivity index (χ0n) is 4.67. The Morgan fingerprint density at radius 1 is 1.62 bits per heavy atom. The summed E-state index contributed by atoms with van der Waals surface area (Å²) in [6.45, 7) is 3.29. The van der Waals surface area contributed by atoms with Gasteiger partial charge in [-0.2, -0.15) is 0 Å². The molecule has 0 atom stereocenters. The molecule has 0 saturated carbocycles. The molecule has 0 aromatic heterocycles. The lowest BCUT2D eigenvalue weighted by atomic mass is 10.3. The molecule has 2 N–H and O–H groups in total. The second-order valence-electron chi connectivity index (χ2n) is 1.37. The summed E-state index contributed by atoms with van der Waals surface area (Å²) in [5.74, 6) is 0.169. The van der Waals surface area contributed by atoms with Crippen LogP contribution in [-0.4, -0.2) is 16.8 Å². The Morgan fingerprint density at radius 2 is 2.25 bits per heavy atom. The summed E-state index contributed by atoms with van der Waals surface area (Å²) < 4.78 is 0. The number of hydrogen-bond acceptors (Lipinski definition) is 2. The number of allylic oxidation sites excluding steroid dienone is 1. The Kier molecular flexibility index (Phi) is 3.98. The Bertz CT molecular complexity index is 94.7. The van der Waals surface area contributed by atoms with Crippen LogP contribution in [0.25, 0.3) is 0 Å². The van der Waals surface area contributed by atoms with Gasteiger partial charge in [-0.15, -0.1) is 6.58 Å². The minimum Gasteiger partial charge on any atom is -0.512 e. The molecule has 0 aromatic carbocycles. The van der Waals surface area contributed by atoms with Crippen molar-refractivity contribution in [1.29, 1.82) is 0 Å². The first-order valence-corrected chi connectivity index (χ1v) is 2.41. The molecular weight excluding hydrogens is 104 g/mol. The predicted octanol–water partition coefficient (Wildman–Crippen LogP) is 0.997. The Hall–Kier alpha value is -0.760. The number of hydrogen-bond donors (Lipinski definition) is 2. The molecule has 0 aromatic rings. The summed E-state index contributed by atoms with van der Waals surface area (Å²) in [5.41, 5.74) is 0. The van der Waals surface area contributed by atoms with E-state index >= 15 is 0 Å². The summed E-state index contributed by atoms with van der Waals surface area (Å²) in [6, 6.07) is 0. The lowest BCUT2D eigenvalue weighted by molar-refractivity contribution is 0.327. The van der Waals surface area contributed by atoms with E-state index in [-0.39, 0.29) is 12.4 Å². The van der Waals surface area contributed by atoms with E-state index in [0.717, 1.165) is 0 Å². The first-order chi connectivity index (χ1) is 3.81. The molecule has 0 aliphatic rings. The van der Waals surface area contributed by atoms with Crippen molar-refractivity contribution >= 4 is 0 Å². The van der Waals surface area contributed by atoms with Gasteiger partial charge >= 0.3 is 0 Å². The smallest absolute Gasteiger partial charge is 0.0943 e. The average Bonchev–Trinajstić information content (AvgIpc) is 1.68. The SMILES string of the molecule is C=CCC(O)=CCO. The normalized spacial score (nSPS) is 11.4. The maximum absolute atomic E-state index is 8.68. The lowest BCUT2D eigenvalue weighted by Crippen LogP contribution is -1.80. The van der Waals surface area contributed by atoms with Crippen molar-refractivity contribution in [2.45, 2.75) is 6.42 Å². The van der Waals surface area contributed by atoms with Crippen LogP contribution in [-0.2, 0) is 0 Å². The second-order valence-corrected chi connectivity index (χ2v) is 1.37. The molecule has 0 aliphatic carbocycles. The summed E-state index contributed by atoms with van der Waals surface area (Å²) in [7, 11) is 0. The van der Waals surface area contributed by atoms with Crippen LogP contribution in [0.4, 0.5) is 0 Å². The third-order valence-corrected chi connectivity index (χ3v) is 0.680. The highest BCUT2D eigenvalue weighted by Gasteiger charge is 1.83. The zero-order chi connectivity index (χ0) is 6.41. The van der Waals surface area contributed by atoms with E-state index in [0.29, 0.717) is 6.42 Å². The fourth-order valence-electron chi connectivity index (χ4n) is 0.337. The fourth-order valence-corrected chi connectivity index (χ4v) is 0.337. The van der Waals surface area contributed by atoms with Gasteiger partial charge in [0.15, 0.2) is 0 Å². The van der Waals surface area contributed by atoms with Gasteiger partial charge in [-0.3, -0.25) is 0 Å². The molecule has 8 heavy (non-hydrogen) atoms. The van der Waals surface area contributed by atoms with Crippen molar-refractivity contribution < 1.29 is 10.2 Å². The van der Waals surface area contributed by atoms with Gasteiger partial charge in [0.2, 0.25) is 0 Å². The maximum atomic E-state index is 8.68. The number of aliphatic hydroxyl groups is 2. The first-order valence-electron chi connectivity index (χ1n) is 2.41. The van der Waals surface area contributed by atoms with Crippen molar-refractivity contribution in [3.05, 3.63) is 24.5 Å². The molecule has 2 heteroatoms. The van der Waals surface area contributed by atoms with Crippen molar-refractivity contribution in [2.75, 3.05) is 6.61 Å². The summed E-state index contributed by atoms with van der Waals surface area (Å²) in [4.78, 5) is 0. The average molecular weight is 114 g/mol. The van der Waals surface area contributed by atoms with E-state index in [9.17, 15) is 0 Å². The van der Waals surface area contributed by atoms with Gasteiger partial charge in [0.1, 0.15) is 0 Å². The van der Waals surface area contributed by atoms with Crippen LogP contribution in [0.1, 0.15) is 6.42 Å². The van der Waals surface area contributed by atoms with Gasteiger partial charge < -0.3 is 10.2 Å². The third-order valence-electron chi connectivity index (χ3n) is 0.680. The molecule has 0 rings (SSSR count). The van der Waals surface area contributed by atoms with Gasteiger partial charge in [-0.05, 0) is 6.08 Å². The Labute approximate surface area is 48.8 Å². The lowest BCUT2D eigenvalue weighted by Gasteiger charge is -1.89. The molecule has 0 spiro atoms. The highest BCUT2D eigenvalue weighted by molar-refractivity contribution is 4.95. The van der Waals surface area contributed by atoms with Crippen LogP contribution in [0.15, 0.2) is 24.5 Å². The van der Waals surface area contributed by atoms with Gasteiger partial charge in [0.25, 0.3) is 0 Å². The summed E-state index contributed by atoms with van der Waals surface area (Å²) >= 11 is 0.